The molecule has 7 nitrogen and oxygen atoms in total. The Morgan fingerprint density at radius 1 is 0.853 bits per heavy atom. The van der Waals surface area contributed by atoms with Gasteiger partial charge in [0.25, 0.3) is 0 Å². The molecule has 5 aromatic rings. The zero-order valence-electron chi connectivity index (χ0n) is 18.3. The van der Waals surface area contributed by atoms with Crippen LogP contribution in [0.5, 0.6) is 11.5 Å². The summed E-state index contributed by atoms with van der Waals surface area (Å²) in [4.78, 5) is 13.0. The highest BCUT2D eigenvalue weighted by molar-refractivity contribution is 5.74. The number of nitrogens with zero attached hydrogens (tertiary/aromatic N) is 5. The Bertz CT molecular complexity index is 1490. The molecule has 0 aliphatic rings. The molecule has 0 saturated heterocycles. The summed E-state index contributed by atoms with van der Waals surface area (Å²) in [7, 11) is 1.62. The first kappa shape index (κ1) is 20.9. The summed E-state index contributed by atoms with van der Waals surface area (Å²) in [6.45, 7) is 0. The van der Waals surface area contributed by atoms with Gasteiger partial charge in [0.1, 0.15) is 11.5 Å². The molecular formula is C27H19N5O2. The summed E-state index contributed by atoms with van der Waals surface area (Å²) in [5.41, 5.74) is 3.33. The van der Waals surface area contributed by atoms with E-state index in [1.165, 1.54) is 6.20 Å². The lowest BCUT2D eigenvalue weighted by atomic mass is 10.1. The van der Waals surface area contributed by atoms with Gasteiger partial charge in [0.05, 0.1) is 30.1 Å². The summed E-state index contributed by atoms with van der Waals surface area (Å²) >= 11 is 0. The van der Waals surface area contributed by atoms with Gasteiger partial charge in [-0.2, -0.15) is 0 Å². The number of rotatable bonds is 4. The number of ether oxygens (including phenoxy) is 1. The maximum atomic E-state index is 10.8. The molecule has 0 unspecified atom stereocenters. The standard InChI is InChI=1S/C27H19N5O2/c1-34-23-13-11-20(12-14-23)26-30-27(32(31-26)22-7-3-2-4-8-22)25-21(17-29-18-24(25)33)10-9-19-6-5-15-28-16-19/h2-8,11-18,33H,1H3. The number of benzene rings is 2. The molecule has 2 aromatic carbocycles. The van der Waals surface area contributed by atoms with Crippen LogP contribution in [0.25, 0.3) is 28.5 Å². The van der Waals surface area contributed by atoms with E-state index < -0.39 is 0 Å². The molecule has 0 aliphatic carbocycles. The van der Waals surface area contributed by atoms with E-state index in [9.17, 15) is 5.11 Å². The summed E-state index contributed by atoms with van der Waals surface area (Å²) in [5, 5.41) is 15.6. The van der Waals surface area contributed by atoms with E-state index in [0.29, 0.717) is 22.8 Å². The van der Waals surface area contributed by atoms with Gasteiger partial charge in [-0.25, -0.2) is 9.67 Å². The summed E-state index contributed by atoms with van der Waals surface area (Å²) < 4.78 is 6.96. The Morgan fingerprint density at radius 2 is 1.68 bits per heavy atom. The predicted molar refractivity (Wildman–Crippen MR) is 128 cm³/mol. The summed E-state index contributed by atoms with van der Waals surface area (Å²) in [6.07, 6.45) is 6.35. The fourth-order valence-electron chi connectivity index (χ4n) is 3.44. The van der Waals surface area contributed by atoms with Crippen LogP contribution in [-0.4, -0.2) is 36.9 Å². The van der Waals surface area contributed by atoms with Crippen molar-refractivity contribution in [2.24, 2.45) is 0 Å². The van der Waals surface area contributed by atoms with Crippen LogP contribution in [0.1, 0.15) is 11.1 Å². The van der Waals surface area contributed by atoms with Gasteiger partial charge in [0, 0.05) is 29.7 Å². The molecule has 1 N–H and O–H groups in total. The van der Waals surface area contributed by atoms with Crippen molar-refractivity contribution in [3.8, 4) is 51.8 Å². The molecular weight excluding hydrogens is 426 g/mol. The maximum Gasteiger partial charge on any atom is 0.182 e. The fourth-order valence-corrected chi connectivity index (χ4v) is 3.44. The number of para-hydroxylation sites is 1. The normalized spacial score (nSPS) is 10.4. The van der Waals surface area contributed by atoms with E-state index in [2.05, 4.69) is 21.8 Å². The molecule has 0 radical (unpaired) electrons. The number of hydrogen-bond acceptors (Lipinski definition) is 6. The molecule has 0 amide bonds. The Kier molecular flexibility index (Phi) is 5.70. The smallest absolute Gasteiger partial charge is 0.182 e. The fraction of sp³-hybridized carbons (Fsp3) is 0.0370. The van der Waals surface area contributed by atoms with Crippen LogP contribution in [0, 0.1) is 11.8 Å². The summed E-state index contributed by atoms with van der Waals surface area (Å²) in [6, 6.07) is 20.8. The van der Waals surface area contributed by atoms with Crippen LogP contribution in [0.15, 0.2) is 91.5 Å². The zero-order chi connectivity index (χ0) is 23.3. The second-order valence-corrected chi connectivity index (χ2v) is 7.31. The lowest BCUT2D eigenvalue weighted by molar-refractivity contribution is 0.415. The van der Waals surface area contributed by atoms with E-state index in [1.54, 1.807) is 30.4 Å². The van der Waals surface area contributed by atoms with Crippen molar-refractivity contribution in [3.05, 3.63) is 103 Å². The lowest BCUT2D eigenvalue weighted by Gasteiger charge is -2.09. The van der Waals surface area contributed by atoms with Crippen molar-refractivity contribution in [3.63, 3.8) is 0 Å². The van der Waals surface area contributed by atoms with Crippen LogP contribution in [0.4, 0.5) is 0 Å². The first-order valence-corrected chi connectivity index (χ1v) is 10.5. The van der Waals surface area contributed by atoms with Crippen molar-refractivity contribution in [1.29, 1.82) is 0 Å². The highest BCUT2D eigenvalue weighted by atomic mass is 16.5. The van der Waals surface area contributed by atoms with Crippen LogP contribution in [0.3, 0.4) is 0 Å². The van der Waals surface area contributed by atoms with Crippen LogP contribution < -0.4 is 4.74 Å². The van der Waals surface area contributed by atoms with Crippen LogP contribution >= 0.6 is 0 Å². The van der Waals surface area contributed by atoms with E-state index in [1.807, 2.05) is 66.7 Å². The third-order valence-corrected chi connectivity index (χ3v) is 5.11. The summed E-state index contributed by atoms with van der Waals surface area (Å²) in [5.74, 6) is 7.83. The molecule has 5 rings (SSSR count). The average molecular weight is 445 g/mol. The van der Waals surface area contributed by atoms with E-state index in [4.69, 9.17) is 14.8 Å². The van der Waals surface area contributed by atoms with Crippen LogP contribution in [0.2, 0.25) is 0 Å². The van der Waals surface area contributed by atoms with Gasteiger partial charge in [0.2, 0.25) is 0 Å². The highest BCUT2D eigenvalue weighted by Crippen LogP contribution is 2.33. The molecule has 0 atom stereocenters. The monoisotopic (exact) mass is 445 g/mol. The number of pyridine rings is 2. The quantitative estimate of drug-likeness (QED) is 0.410. The molecule has 3 aromatic heterocycles. The van der Waals surface area contributed by atoms with Crippen molar-refractivity contribution < 1.29 is 9.84 Å². The second-order valence-electron chi connectivity index (χ2n) is 7.31. The van der Waals surface area contributed by atoms with Crippen molar-refractivity contribution in [1.82, 2.24) is 24.7 Å². The van der Waals surface area contributed by atoms with Crippen molar-refractivity contribution in [2.75, 3.05) is 7.11 Å². The topological polar surface area (TPSA) is 86.0 Å². The van der Waals surface area contributed by atoms with E-state index in [-0.39, 0.29) is 5.75 Å². The Hall–Kier alpha value is -4.96. The average Bonchev–Trinajstić information content (AvgIpc) is 3.33. The highest BCUT2D eigenvalue weighted by Gasteiger charge is 2.20. The van der Waals surface area contributed by atoms with Gasteiger partial charge in [-0.15, -0.1) is 5.10 Å². The number of hydrogen-bond donors (Lipinski definition) is 1. The third-order valence-electron chi connectivity index (χ3n) is 5.11. The Morgan fingerprint density at radius 3 is 2.41 bits per heavy atom. The molecule has 7 heteroatoms. The number of aromatic nitrogens is 5. The van der Waals surface area contributed by atoms with Gasteiger partial charge < -0.3 is 9.84 Å². The molecule has 0 spiro atoms. The van der Waals surface area contributed by atoms with Gasteiger partial charge in [-0.05, 0) is 48.5 Å². The predicted octanol–water partition coefficient (Wildman–Crippen LogP) is 4.51. The largest absolute Gasteiger partial charge is 0.506 e. The number of methoxy groups -OCH3 is 1. The van der Waals surface area contributed by atoms with E-state index >= 15 is 0 Å². The lowest BCUT2D eigenvalue weighted by Crippen LogP contribution is -2.01. The molecule has 0 aliphatic heterocycles. The minimum Gasteiger partial charge on any atom is -0.506 e. The Labute approximate surface area is 196 Å². The third kappa shape index (κ3) is 4.20. The zero-order valence-corrected chi connectivity index (χ0v) is 18.3. The maximum absolute atomic E-state index is 10.8. The minimum absolute atomic E-state index is 0.0381. The molecule has 0 saturated carbocycles. The van der Waals surface area contributed by atoms with Crippen molar-refractivity contribution >= 4 is 0 Å². The van der Waals surface area contributed by atoms with Gasteiger partial charge in [-0.1, -0.05) is 30.0 Å². The SMILES string of the molecule is COc1ccc(-c2nc(-c3c(O)cncc3C#Cc3cccnc3)n(-c3ccccc3)n2)cc1. The van der Waals surface area contributed by atoms with Crippen LogP contribution in [-0.2, 0) is 0 Å². The first-order chi connectivity index (χ1) is 16.7. The second kappa shape index (κ2) is 9.27. The molecule has 0 bridgehead atoms. The number of aromatic hydroxyl groups is 1. The molecule has 34 heavy (non-hydrogen) atoms. The van der Waals surface area contributed by atoms with Crippen molar-refractivity contribution in [2.45, 2.75) is 0 Å². The molecule has 0 fully saturated rings. The molecule has 164 valence electrons. The van der Waals surface area contributed by atoms with Gasteiger partial charge in [-0.3, -0.25) is 9.97 Å². The Balaban J connectivity index is 1.69. The molecule has 3 heterocycles. The minimum atomic E-state index is -0.0381. The van der Waals surface area contributed by atoms with Gasteiger partial charge >= 0.3 is 0 Å². The van der Waals surface area contributed by atoms with Gasteiger partial charge in [0.15, 0.2) is 11.6 Å². The first-order valence-electron chi connectivity index (χ1n) is 10.5. The van der Waals surface area contributed by atoms with E-state index in [0.717, 1.165) is 22.6 Å².